The molecule has 1 unspecified atom stereocenters. The van der Waals surface area contributed by atoms with Crippen LogP contribution in [0.3, 0.4) is 0 Å². The highest BCUT2D eigenvalue weighted by molar-refractivity contribution is 7.99. The lowest BCUT2D eigenvalue weighted by Crippen LogP contribution is -2.58. The van der Waals surface area contributed by atoms with Crippen LogP contribution in [0.5, 0.6) is 0 Å². The first-order valence-electron chi connectivity index (χ1n) is 7.00. The third kappa shape index (κ3) is 3.53. The fourth-order valence-electron chi connectivity index (χ4n) is 3.07. The molecule has 1 fully saturated rings. The zero-order valence-corrected chi connectivity index (χ0v) is 13.2. The van der Waals surface area contributed by atoms with Gasteiger partial charge in [-0.05, 0) is 30.2 Å². The largest absolute Gasteiger partial charge is 0.329 e. The number of rotatable bonds is 4. The van der Waals surface area contributed by atoms with Crippen molar-refractivity contribution in [2.24, 2.45) is 11.1 Å². The van der Waals surface area contributed by atoms with Crippen LogP contribution in [0.2, 0.25) is 0 Å². The van der Waals surface area contributed by atoms with Gasteiger partial charge in [-0.15, -0.1) is 0 Å². The number of likely N-dealkylation sites (N-methyl/N-ethyl adjacent to an activating group) is 1. The summed E-state index contributed by atoms with van der Waals surface area (Å²) in [5.41, 5.74) is 8.05. The first-order valence-corrected chi connectivity index (χ1v) is 8.16. The van der Waals surface area contributed by atoms with Gasteiger partial charge in [0.15, 0.2) is 0 Å². The van der Waals surface area contributed by atoms with E-state index in [0.29, 0.717) is 5.41 Å². The van der Waals surface area contributed by atoms with Crippen molar-refractivity contribution in [1.82, 2.24) is 4.90 Å². The molecule has 1 saturated heterocycles. The van der Waals surface area contributed by atoms with Gasteiger partial charge in [0.2, 0.25) is 0 Å². The maximum atomic E-state index is 6.16. The zero-order valence-electron chi connectivity index (χ0n) is 12.4. The van der Waals surface area contributed by atoms with Crippen LogP contribution in [0.15, 0.2) is 30.3 Å². The molecule has 3 heteroatoms. The number of nitrogens with zero attached hydrogens (tertiary/aromatic N) is 1. The van der Waals surface area contributed by atoms with Gasteiger partial charge in [0.05, 0.1) is 0 Å². The van der Waals surface area contributed by atoms with Crippen LogP contribution in [0.1, 0.15) is 25.8 Å². The first-order chi connectivity index (χ1) is 8.97. The second kappa shape index (κ2) is 5.86. The molecule has 1 aromatic rings. The Labute approximate surface area is 121 Å². The average Bonchev–Trinajstić information content (AvgIpc) is 2.38. The summed E-state index contributed by atoms with van der Waals surface area (Å²) >= 11 is 2.05. The maximum absolute atomic E-state index is 6.16. The van der Waals surface area contributed by atoms with Gasteiger partial charge < -0.3 is 5.73 Å². The van der Waals surface area contributed by atoms with Crippen LogP contribution >= 0.6 is 11.8 Å². The summed E-state index contributed by atoms with van der Waals surface area (Å²) in [5, 5.41) is 0. The van der Waals surface area contributed by atoms with Crippen molar-refractivity contribution < 1.29 is 0 Å². The lowest BCUT2D eigenvalue weighted by molar-refractivity contribution is 0.0870. The van der Waals surface area contributed by atoms with Gasteiger partial charge >= 0.3 is 0 Å². The molecule has 2 nitrogen and oxygen atoms in total. The lowest BCUT2D eigenvalue weighted by Gasteiger charge is -2.49. The number of thioether (sulfide) groups is 1. The quantitative estimate of drug-likeness (QED) is 0.918. The van der Waals surface area contributed by atoms with E-state index in [4.69, 9.17) is 5.73 Å². The molecule has 0 radical (unpaired) electrons. The van der Waals surface area contributed by atoms with Gasteiger partial charge in [-0.25, -0.2) is 0 Å². The van der Waals surface area contributed by atoms with Crippen molar-refractivity contribution in [3.63, 3.8) is 0 Å². The maximum Gasteiger partial charge on any atom is 0.0427 e. The molecule has 0 spiro atoms. The third-order valence-electron chi connectivity index (χ3n) is 4.12. The van der Waals surface area contributed by atoms with E-state index in [1.54, 1.807) is 0 Å². The van der Waals surface area contributed by atoms with Crippen molar-refractivity contribution in [3.05, 3.63) is 35.9 Å². The predicted molar refractivity (Wildman–Crippen MR) is 85.4 cm³/mol. The first kappa shape index (κ1) is 14.9. The molecule has 1 aliphatic heterocycles. The molecule has 1 aliphatic rings. The minimum Gasteiger partial charge on any atom is -0.329 e. The summed E-state index contributed by atoms with van der Waals surface area (Å²) in [7, 11) is 2.22. The van der Waals surface area contributed by atoms with Crippen LogP contribution in [0.25, 0.3) is 0 Å². The SMILES string of the molecule is CN(Cc1ccccc1)C1(CN)CSCC(C)(C)C1. The van der Waals surface area contributed by atoms with Crippen LogP contribution in [0.4, 0.5) is 0 Å². The van der Waals surface area contributed by atoms with E-state index in [-0.39, 0.29) is 5.54 Å². The van der Waals surface area contributed by atoms with E-state index in [0.717, 1.165) is 18.8 Å². The van der Waals surface area contributed by atoms with Crippen LogP contribution in [-0.2, 0) is 6.54 Å². The Morgan fingerprint density at radius 1 is 1.21 bits per heavy atom. The second-order valence-corrected chi connectivity index (χ2v) is 7.59. The summed E-state index contributed by atoms with van der Waals surface area (Å²) in [4.78, 5) is 2.47. The molecule has 0 aliphatic carbocycles. The van der Waals surface area contributed by atoms with Gasteiger partial charge in [0.25, 0.3) is 0 Å². The molecule has 2 N–H and O–H groups in total. The molecule has 0 bridgehead atoms. The highest BCUT2D eigenvalue weighted by Gasteiger charge is 2.42. The van der Waals surface area contributed by atoms with Crippen molar-refractivity contribution in [2.75, 3.05) is 25.1 Å². The minimum atomic E-state index is 0.141. The number of hydrogen-bond donors (Lipinski definition) is 1. The minimum absolute atomic E-state index is 0.141. The summed E-state index contributed by atoms with van der Waals surface area (Å²) in [6, 6.07) is 10.7. The normalized spacial score (nSPS) is 26.6. The zero-order chi connectivity index (χ0) is 13.9. The van der Waals surface area contributed by atoms with Gasteiger partial charge in [-0.3, -0.25) is 4.90 Å². The molecular weight excluding hydrogens is 252 g/mol. The fraction of sp³-hybridized carbons (Fsp3) is 0.625. The molecule has 1 atom stereocenters. The highest BCUT2D eigenvalue weighted by Crippen LogP contribution is 2.41. The molecule has 0 aromatic heterocycles. The summed E-state index contributed by atoms with van der Waals surface area (Å²) in [6.07, 6.45) is 1.19. The van der Waals surface area contributed by atoms with Gasteiger partial charge in [0.1, 0.15) is 0 Å². The van der Waals surface area contributed by atoms with E-state index >= 15 is 0 Å². The van der Waals surface area contributed by atoms with E-state index < -0.39 is 0 Å². The Hall–Kier alpha value is -0.510. The Morgan fingerprint density at radius 3 is 2.47 bits per heavy atom. The smallest absolute Gasteiger partial charge is 0.0427 e. The molecule has 0 saturated carbocycles. The second-order valence-electron chi connectivity index (χ2n) is 6.60. The van der Waals surface area contributed by atoms with Crippen molar-refractivity contribution in [1.29, 1.82) is 0 Å². The van der Waals surface area contributed by atoms with E-state index in [1.807, 2.05) is 0 Å². The average molecular weight is 278 g/mol. The lowest BCUT2D eigenvalue weighted by atomic mass is 9.79. The number of hydrogen-bond acceptors (Lipinski definition) is 3. The van der Waals surface area contributed by atoms with E-state index in [9.17, 15) is 0 Å². The number of nitrogens with two attached hydrogens (primary N) is 1. The van der Waals surface area contributed by atoms with Crippen LogP contribution < -0.4 is 5.73 Å². The van der Waals surface area contributed by atoms with E-state index in [1.165, 1.54) is 17.7 Å². The topological polar surface area (TPSA) is 29.3 Å². The Kier molecular flexibility index (Phi) is 4.59. The molecule has 19 heavy (non-hydrogen) atoms. The fourth-order valence-corrected chi connectivity index (χ4v) is 4.64. The Bertz CT molecular complexity index is 404. The summed E-state index contributed by atoms with van der Waals surface area (Å²) in [5.74, 6) is 2.39. The summed E-state index contributed by atoms with van der Waals surface area (Å²) < 4.78 is 0. The third-order valence-corrected chi connectivity index (χ3v) is 5.85. The van der Waals surface area contributed by atoms with Crippen molar-refractivity contribution in [3.8, 4) is 0 Å². The molecule has 2 rings (SSSR count). The van der Waals surface area contributed by atoms with Crippen LogP contribution in [0, 0.1) is 5.41 Å². The monoisotopic (exact) mass is 278 g/mol. The standard InChI is InChI=1S/C16H26N2S/c1-15(2)10-16(11-17,13-19-12-15)18(3)9-14-7-5-4-6-8-14/h4-8H,9-13,17H2,1-3H3. The van der Waals surface area contributed by atoms with Gasteiger partial charge in [0, 0.05) is 24.4 Å². The molecule has 0 amide bonds. The van der Waals surface area contributed by atoms with Crippen molar-refractivity contribution in [2.45, 2.75) is 32.4 Å². The Morgan fingerprint density at radius 2 is 1.89 bits per heavy atom. The van der Waals surface area contributed by atoms with Gasteiger partial charge in [-0.1, -0.05) is 44.2 Å². The molecule has 106 valence electrons. The molecular formula is C16H26N2S. The highest BCUT2D eigenvalue weighted by atomic mass is 32.2. The Balaban J connectivity index is 2.12. The van der Waals surface area contributed by atoms with Crippen molar-refractivity contribution >= 4 is 11.8 Å². The van der Waals surface area contributed by atoms with E-state index in [2.05, 4.69) is 67.9 Å². The summed E-state index contributed by atoms with van der Waals surface area (Å²) in [6.45, 7) is 6.45. The predicted octanol–water partition coefficient (Wildman–Crippen LogP) is 2.98. The molecule has 1 aromatic carbocycles. The van der Waals surface area contributed by atoms with Crippen LogP contribution in [-0.4, -0.2) is 35.5 Å². The number of benzene rings is 1. The molecule has 1 heterocycles. The van der Waals surface area contributed by atoms with Gasteiger partial charge in [-0.2, -0.15) is 11.8 Å².